The lowest BCUT2D eigenvalue weighted by atomic mass is 9.88. The number of amides is 5. The van der Waals surface area contributed by atoms with Crippen molar-refractivity contribution in [1.29, 1.82) is 0 Å². The molecule has 20 heavy (non-hydrogen) atoms. The van der Waals surface area contributed by atoms with Crippen LogP contribution >= 0.6 is 0 Å². The van der Waals surface area contributed by atoms with Crippen LogP contribution in [0.5, 0.6) is 0 Å². The van der Waals surface area contributed by atoms with Gasteiger partial charge in [0, 0.05) is 13.1 Å². The van der Waals surface area contributed by atoms with Crippen LogP contribution in [0.2, 0.25) is 0 Å². The van der Waals surface area contributed by atoms with Crippen molar-refractivity contribution in [3.63, 3.8) is 0 Å². The largest absolute Gasteiger partial charge is 0.405 e. The van der Waals surface area contributed by atoms with Gasteiger partial charge in [-0.1, -0.05) is 0 Å². The Hall–Kier alpha value is -2.00. The average molecular weight is 294 g/mol. The molecule has 7 nitrogen and oxygen atoms in total. The minimum atomic E-state index is -4.47. The smallest absolute Gasteiger partial charge is 0.329 e. The third-order valence-electron chi connectivity index (χ3n) is 3.36. The maximum absolute atomic E-state index is 12.0. The van der Waals surface area contributed by atoms with Crippen LogP contribution in [0.3, 0.4) is 0 Å². The van der Waals surface area contributed by atoms with Gasteiger partial charge in [0.1, 0.15) is 12.1 Å². The molecule has 0 aliphatic carbocycles. The molecule has 1 spiro atoms. The third kappa shape index (κ3) is 2.94. The first-order valence-electron chi connectivity index (χ1n) is 5.95. The second kappa shape index (κ2) is 4.84. The first kappa shape index (κ1) is 14.4. The molecule has 0 aromatic rings. The summed E-state index contributed by atoms with van der Waals surface area (Å²) in [6.45, 7) is -1.21. The van der Waals surface area contributed by atoms with Crippen molar-refractivity contribution in [3.05, 3.63) is 0 Å². The number of nitrogens with zero attached hydrogens (tertiary/aromatic N) is 1. The average Bonchev–Trinajstić information content (AvgIpc) is 2.61. The van der Waals surface area contributed by atoms with Crippen molar-refractivity contribution >= 4 is 18.0 Å². The molecule has 0 bridgehead atoms. The molecule has 2 heterocycles. The zero-order valence-electron chi connectivity index (χ0n) is 10.3. The molecule has 0 radical (unpaired) electrons. The number of urea groups is 2. The lowest BCUT2D eigenvalue weighted by Crippen LogP contribution is -2.57. The lowest BCUT2D eigenvalue weighted by molar-refractivity contribution is -0.125. The highest BCUT2D eigenvalue weighted by Gasteiger charge is 2.48. The molecule has 112 valence electrons. The second-order valence-corrected chi connectivity index (χ2v) is 4.75. The van der Waals surface area contributed by atoms with Crippen LogP contribution in [-0.4, -0.2) is 54.2 Å². The predicted molar refractivity (Wildman–Crippen MR) is 59.7 cm³/mol. The Kier molecular flexibility index (Phi) is 3.48. The maximum Gasteiger partial charge on any atom is 0.405 e. The van der Waals surface area contributed by atoms with E-state index in [0.717, 1.165) is 0 Å². The predicted octanol–water partition coefficient (Wildman–Crippen LogP) is -0.0677. The van der Waals surface area contributed by atoms with Gasteiger partial charge in [-0.2, -0.15) is 13.2 Å². The van der Waals surface area contributed by atoms with Gasteiger partial charge >= 0.3 is 18.2 Å². The van der Waals surface area contributed by atoms with Crippen LogP contribution in [0.25, 0.3) is 0 Å². The Balaban J connectivity index is 1.87. The van der Waals surface area contributed by atoms with Crippen molar-refractivity contribution in [2.45, 2.75) is 24.6 Å². The minimum Gasteiger partial charge on any atom is -0.329 e. The number of halogens is 3. The Morgan fingerprint density at radius 3 is 2.35 bits per heavy atom. The van der Waals surface area contributed by atoms with Gasteiger partial charge < -0.3 is 15.5 Å². The van der Waals surface area contributed by atoms with E-state index >= 15 is 0 Å². The van der Waals surface area contributed by atoms with Crippen molar-refractivity contribution in [2.75, 3.05) is 19.6 Å². The summed E-state index contributed by atoms with van der Waals surface area (Å²) in [5.41, 5.74) is -1.04. The molecule has 10 heteroatoms. The maximum atomic E-state index is 12.0. The van der Waals surface area contributed by atoms with E-state index in [1.54, 1.807) is 5.32 Å². The summed E-state index contributed by atoms with van der Waals surface area (Å²) in [5.74, 6) is -0.460. The fourth-order valence-electron chi connectivity index (χ4n) is 2.26. The van der Waals surface area contributed by atoms with Gasteiger partial charge in [-0.25, -0.2) is 9.59 Å². The van der Waals surface area contributed by atoms with Crippen molar-refractivity contribution in [2.24, 2.45) is 0 Å². The number of likely N-dealkylation sites (tertiary alicyclic amines) is 1. The number of nitrogens with one attached hydrogen (secondary N) is 3. The number of hydrogen-bond acceptors (Lipinski definition) is 3. The number of piperidine rings is 1. The summed E-state index contributed by atoms with van der Waals surface area (Å²) < 4.78 is 36.0. The number of carbonyl (C=O) groups is 3. The molecule has 3 N–H and O–H groups in total. The monoisotopic (exact) mass is 294 g/mol. The molecular weight excluding hydrogens is 281 g/mol. The van der Waals surface area contributed by atoms with Gasteiger partial charge in [0.2, 0.25) is 0 Å². The highest BCUT2D eigenvalue weighted by Crippen LogP contribution is 2.25. The summed E-state index contributed by atoms with van der Waals surface area (Å²) in [6.07, 6.45) is -4.12. The number of hydrogen-bond donors (Lipinski definition) is 3. The van der Waals surface area contributed by atoms with Crippen molar-refractivity contribution < 1.29 is 27.6 Å². The van der Waals surface area contributed by atoms with Gasteiger partial charge in [0.25, 0.3) is 5.91 Å². The molecular formula is C10H13F3N4O3. The van der Waals surface area contributed by atoms with Crippen LogP contribution < -0.4 is 16.0 Å². The van der Waals surface area contributed by atoms with Gasteiger partial charge in [-0.05, 0) is 12.8 Å². The molecule has 0 saturated carbocycles. The zero-order valence-corrected chi connectivity index (χ0v) is 10.3. The summed E-state index contributed by atoms with van der Waals surface area (Å²) in [7, 11) is 0. The van der Waals surface area contributed by atoms with E-state index in [-0.39, 0.29) is 25.9 Å². The Morgan fingerprint density at radius 2 is 1.90 bits per heavy atom. The van der Waals surface area contributed by atoms with E-state index in [1.807, 2.05) is 0 Å². The fourth-order valence-corrected chi connectivity index (χ4v) is 2.26. The SMILES string of the molecule is O=C1NC(=O)C2(CCN(C(=O)NCC(F)(F)F)CC2)N1. The standard InChI is InChI=1S/C10H13F3N4O3/c11-10(12,13)5-14-8(20)17-3-1-9(2-4-17)6(18)15-7(19)16-9/h1-5H2,(H,14,20)(H2,15,16,18,19). The van der Waals surface area contributed by atoms with E-state index in [4.69, 9.17) is 0 Å². The van der Waals surface area contributed by atoms with Crippen molar-refractivity contribution in [1.82, 2.24) is 20.9 Å². The quantitative estimate of drug-likeness (QED) is 0.591. The number of imide groups is 1. The van der Waals surface area contributed by atoms with E-state index < -0.39 is 36.2 Å². The molecule has 2 aliphatic heterocycles. The van der Waals surface area contributed by atoms with Gasteiger partial charge in [-0.3, -0.25) is 10.1 Å². The molecule has 2 aliphatic rings. The number of carbonyl (C=O) groups excluding carboxylic acids is 3. The molecule has 2 saturated heterocycles. The van der Waals surface area contributed by atoms with Crippen molar-refractivity contribution in [3.8, 4) is 0 Å². The minimum absolute atomic E-state index is 0.0946. The lowest BCUT2D eigenvalue weighted by Gasteiger charge is -2.36. The first-order chi connectivity index (χ1) is 9.22. The summed E-state index contributed by atoms with van der Waals surface area (Å²) in [6, 6.07) is -1.42. The second-order valence-electron chi connectivity index (χ2n) is 4.75. The highest BCUT2D eigenvalue weighted by atomic mass is 19.4. The summed E-state index contributed by atoms with van der Waals surface area (Å²) in [5, 5.41) is 6.37. The number of alkyl halides is 3. The topological polar surface area (TPSA) is 90.5 Å². The normalized spacial score (nSPS) is 21.6. The van der Waals surface area contributed by atoms with Crippen LogP contribution in [0, 0.1) is 0 Å². The molecule has 2 rings (SSSR count). The Labute approximate surface area is 111 Å². The van der Waals surface area contributed by atoms with Gasteiger partial charge in [0.15, 0.2) is 0 Å². The van der Waals surface area contributed by atoms with E-state index in [9.17, 15) is 27.6 Å². The van der Waals surface area contributed by atoms with E-state index in [2.05, 4.69) is 10.6 Å². The first-order valence-corrected chi connectivity index (χ1v) is 5.95. The van der Waals surface area contributed by atoms with Crippen LogP contribution in [0.4, 0.5) is 22.8 Å². The zero-order chi connectivity index (χ0) is 15.0. The summed E-state index contributed by atoms with van der Waals surface area (Å²) in [4.78, 5) is 35.4. The van der Waals surface area contributed by atoms with E-state index in [0.29, 0.717) is 0 Å². The molecule has 0 aromatic heterocycles. The highest BCUT2D eigenvalue weighted by molar-refractivity contribution is 6.07. The molecule has 0 unspecified atom stereocenters. The van der Waals surface area contributed by atoms with Crippen LogP contribution in [0.15, 0.2) is 0 Å². The fraction of sp³-hybridized carbons (Fsp3) is 0.700. The van der Waals surface area contributed by atoms with Crippen LogP contribution in [0.1, 0.15) is 12.8 Å². The number of rotatable bonds is 1. The molecule has 5 amide bonds. The van der Waals surface area contributed by atoms with Gasteiger partial charge in [-0.15, -0.1) is 0 Å². The van der Waals surface area contributed by atoms with Crippen LogP contribution in [-0.2, 0) is 4.79 Å². The molecule has 0 aromatic carbocycles. The van der Waals surface area contributed by atoms with E-state index in [1.165, 1.54) is 4.90 Å². The Morgan fingerprint density at radius 1 is 1.30 bits per heavy atom. The molecule has 2 fully saturated rings. The summed E-state index contributed by atoms with van der Waals surface area (Å²) >= 11 is 0. The molecule has 0 atom stereocenters. The Bertz CT molecular complexity index is 444. The third-order valence-corrected chi connectivity index (χ3v) is 3.36. The van der Waals surface area contributed by atoms with Gasteiger partial charge in [0.05, 0.1) is 0 Å².